The van der Waals surface area contributed by atoms with Gasteiger partial charge in [0.25, 0.3) is 0 Å². The molecule has 3 heterocycles. The monoisotopic (exact) mass is 381 g/mol. The molecule has 2 atom stereocenters. The summed E-state index contributed by atoms with van der Waals surface area (Å²) in [6.45, 7) is 9.41. The Bertz CT molecular complexity index is 747. The minimum atomic E-state index is -0.421. The predicted octanol–water partition coefficient (Wildman–Crippen LogP) is 4.23. The first-order chi connectivity index (χ1) is 12.0. The summed E-state index contributed by atoms with van der Waals surface area (Å²) in [6.07, 6.45) is 2.53. The third kappa shape index (κ3) is 4.10. The summed E-state index contributed by atoms with van der Waals surface area (Å²) in [5.74, 6) is 1.85. The molecule has 0 aliphatic carbocycles. The Morgan fingerprint density at radius 1 is 1.40 bits per heavy atom. The van der Waals surface area contributed by atoms with E-state index in [9.17, 15) is 5.11 Å². The molecule has 2 aromatic heterocycles. The van der Waals surface area contributed by atoms with Crippen LogP contribution in [0.15, 0.2) is 5.16 Å². The molecule has 7 heteroatoms. The molecule has 0 saturated heterocycles. The largest absolute Gasteiger partial charge is 0.392 e. The van der Waals surface area contributed by atoms with Crippen LogP contribution < -0.4 is 5.32 Å². The Kier molecular flexibility index (Phi) is 5.88. The molecule has 3 rings (SSSR count). The molecular weight excluding hydrogens is 354 g/mol. The Morgan fingerprint density at radius 2 is 2.20 bits per heavy atom. The number of thiophene rings is 1. The van der Waals surface area contributed by atoms with Gasteiger partial charge in [0, 0.05) is 23.6 Å². The maximum Gasteiger partial charge on any atom is 0.190 e. The van der Waals surface area contributed by atoms with E-state index >= 15 is 0 Å². The molecule has 5 nitrogen and oxygen atoms in total. The molecule has 25 heavy (non-hydrogen) atoms. The molecule has 0 spiro atoms. The van der Waals surface area contributed by atoms with E-state index in [1.165, 1.54) is 10.4 Å². The van der Waals surface area contributed by atoms with Gasteiger partial charge < -0.3 is 15.2 Å². The number of thioether (sulfide) groups is 1. The Balaban J connectivity index is 2.06. The minimum Gasteiger partial charge on any atom is -0.392 e. The Labute approximate surface area is 157 Å². The van der Waals surface area contributed by atoms with Crippen molar-refractivity contribution in [3.8, 4) is 0 Å². The third-order valence-corrected chi connectivity index (χ3v) is 6.72. The molecule has 0 radical (unpaired) electrons. The highest BCUT2D eigenvalue weighted by Gasteiger charge is 2.33. The van der Waals surface area contributed by atoms with E-state index in [0.717, 1.165) is 46.2 Å². The molecular formula is C18H27N3O2S2. The zero-order valence-electron chi connectivity index (χ0n) is 15.4. The van der Waals surface area contributed by atoms with Crippen molar-refractivity contribution >= 4 is 39.1 Å². The molecule has 0 unspecified atom stereocenters. The molecule has 138 valence electrons. The van der Waals surface area contributed by atoms with Gasteiger partial charge in [0.1, 0.15) is 10.6 Å². The second kappa shape index (κ2) is 7.78. The van der Waals surface area contributed by atoms with Crippen LogP contribution in [0.25, 0.3) is 10.2 Å². The smallest absolute Gasteiger partial charge is 0.190 e. The molecule has 2 N–H and O–H groups in total. The zero-order chi connectivity index (χ0) is 18.0. The lowest BCUT2D eigenvalue weighted by atomic mass is 9.90. The topological polar surface area (TPSA) is 67.3 Å². The highest BCUT2D eigenvalue weighted by molar-refractivity contribution is 7.99. The summed E-state index contributed by atoms with van der Waals surface area (Å²) in [6, 6.07) is 0. The second-order valence-electron chi connectivity index (χ2n) is 6.89. The average molecular weight is 382 g/mol. The number of hydrogen-bond acceptors (Lipinski definition) is 7. The average Bonchev–Trinajstić information content (AvgIpc) is 2.95. The van der Waals surface area contributed by atoms with E-state index < -0.39 is 6.10 Å². The summed E-state index contributed by atoms with van der Waals surface area (Å²) in [4.78, 5) is 11.8. The number of aliphatic hydroxyl groups is 1. The number of anilines is 1. The van der Waals surface area contributed by atoms with Crippen LogP contribution in [0.1, 0.15) is 51.0 Å². The molecule has 0 fully saturated rings. The first kappa shape index (κ1) is 18.9. The van der Waals surface area contributed by atoms with E-state index in [-0.39, 0.29) is 5.60 Å². The van der Waals surface area contributed by atoms with Crippen LogP contribution in [0, 0.1) is 0 Å². The molecule has 0 saturated carbocycles. The maximum absolute atomic E-state index is 9.68. The summed E-state index contributed by atoms with van der Waals surface area (Å²) in [5.41, 5.74) is 1.19. The zero-order valence-corrected chi connectivity index (χ0v) is 17.0. The van der Waals surface area contributed by atoms with E-state index in [4.69, 9.17) is 14.7 Å². The molecule has 1 aliphatic heterocycles. The van der Waals surface area contributed by atoms with Crippen molar-refractivity contribution in [2.75, 3.05) is 17.6 Å². The van der Waals surface area contributed by atoms with E-state index in [0.29, 0.717) is 13.2 Å². The molecule has 0 amide bonds. The van der Waals surface area contributed by atoms with Gasteiger partial charge in [-0.25, -0.2) is 9.97 Å². The first-order valence-electron chi connectivity index (χ1n) is 8.96. The number of fused-ring (bicyclic) bond motifs is 3. The van der Waals surface area contributed by atoms with Crippen molar-refractivity contribution in [2.24, 2.45) is 0 Å². The SMILES string of the molecule is CCCSc1nc(NC[C@H](C)O)c2c3c(sc2n1)CO[C@@](C)(CC)C3. The van der Waals surface area contributed by atoms with Crippen LogP contribution in [0.3, 0.4) is 0 Å². The number of rotatable bonds is 7. The van der Waals surface area contributed by atoms with Gasteiger partial charge in [0.05, 0.1) is 23.7 Å². The summed E-state index contributed by atoms with van der Waals surface area (Å²) in [5, 5.41) is 14.9. The van der Waals surface area contributed by atoms with Crippen molar-refractivity contribution in [3.05, 3.63) is 10.4 Å². The predicted molar refractivity (Wildman–Crippen MR) is 106 cm³/mol. The van der Waals surface area contributed by atoms with Crippen molar-refractivity contribution in [1.82, 2.24) is 9.97 Å². The normalized spacial score (nSPS) is 21.3. The van der Waals surface area contributed by atoms with Crippen LogP contribution in [0.2, 0.25) is 0 Å². The van der Waals surface area contributed by atoms with Crippen LogP contribution in [-0.4, -0.2) is 39.1 Å². The summed E-state index contributed by atoms with van der Waals surface area (Å²) < 4.78 is 6.10. The molecule has 2 aromatic rings. The number of nitrogens with zero attached hydrogens (tertiary/aromatic N) is 2. The van der Waals surface area contributed by atoms with Gasteiger partial charge in [-0.3, -0.25) is 0 Å². The quantitative estimate of drug-likeness (QED) is 0.553. The van der Waals surface area contributed by atoms with Gasteiger partial charge in [0.15, 0.2) is 5.16 Å². The number of ether oxygens (including phenoxy) is 1. The first-order valence-corrected chi connectivity index (χ1v) is 10.8. The Morgan fingerprint density at radius 3 is 2.88 bits per heavy atom. The number of aliphatic hydroxyl groups excluding tert-OH is 1. The Hall–Kier alpha value is -0.890. The fourth-order valence-electron chi connectivity index (χ4n) is 2.91. The number of nitrogens with one attached hydrogen (secondary N) is 1. The molecule has 1 aliphatic rings. The lowest BCUT2D eigenvalue weighted by Gasteiger charge is -2.33. The van der Waals surface area contributed by atoms with Crippen molar-refractivity contribution in [1.29, 1.82) is 0 Å². The van der Waals surface area contributed by atoms with Gasteiger partial charge in [-0.05, 0) is 32.3 Å². The van der Waals surface area contributed by atoms with Gasteiger partial charge in [0.2, 0.25) is 0 Å². The lowest BCUT2D eigenvalue weighted by Crippen LogP contribution is -2.34. The minimum absolute atomic E-state index is 0.127. The number of aromatic nitrogens is 2. The number of hydrogen-bond donors (Lipinski definition) is 2. The standard InChI is InChI=1S/C18H27N3O2S2/c1-5-7-24-17-20-15(19-9-11(3)22)14-12-8-18(4,6-2)23-10-13(12)25-16(14)21-17/h11,22H,5-10H2,1-4H3,(H,19,20,21)/t11-,18-/m0/s1. The fourth-order valence-corrected chi connectivity index (χ4v) is 4.77. The lowest BCUT2D eigenvalue weighted by molar-refractivity contribution is -0.0542. The van der Waals surface area contributed by atoms with Crippen LogP contribution >= 0.6 is 23.1 Å². The summed E-state index contributed by atoms with van der Waals surface area (Å²) in [7, 11) is 0. The second-order valence-corrected chi connectivity index (χ2v) is 9.03. The van der Waals surface area contributed by atoms with Gasteiger partial charge in [-0.1, -0.05) is 25.6 Å². The maximum atomic E-state index is 9.68. The van der Waals surface area contributed by atoms with Crippen molar-refractivity contribution in [3.63, 3.8) is 0 Å². The highest BCUT2D eigenvalue weighted by atomic mass is 32.2. The van der Waals surface area contributed by atoms with Crippen molar-refractivity contribution < 1.29 is 9.84 Å². The van der Waals surface area contributed by atoms with Crippen LogP contribution in [0.4, 0.5) is 5.82 Å². The van der Waals surface area contributed by atoms with Gasteiger partial charge in [-0.15, -0.1) is 11.3 Å². The fraction of sp³-hybridized carbons (Fsp3) is 0.667. The van der Waals surface area contributed by atoms with Crippen LogP contribution in [0.5, 0.6) is 0 Å². The van der Waals surface area contributed by atoms with Gasteiger partial charge in [-0.2, -0.15) is 0 Å². The summed E-state index contributed by atoms with van der Waals surface area (Å²) >= 11 is 3.40. The van der Waals surface area contributed by atoms with Crippen LogP contribution in [-0.2, 0) is 17.8 Å². The van der Waals surface area contributed by atoms with E-state index in [1.807, 2.05) is 0 Å². The van der Waals surface area contributed by atoms with Gasteiger partial charge >= 0.3 is 0 Å². The van der Waals surface area contributed by atoms with E-state index in [1.54, 1.807) is 30.0 Å². The highest BCUT2D eigenvalue weighted by Crippen LogP contribution is 2.42. The van der Waals surface area contributed by atoms with E-state index in [2.05, 4.69) is 26.1 Å². The molecule has 0 bridgehead atoms. The third-order valence-electron chi connectivity index (χ3n) is 4.56. The van der Waals surface area contributed by atoms with Crippen molar-refractivity contribution in [2.45, 2.75) is 70.4 Å². The molecule has 0 aromatic carbocycles.